The maximum absolute atomic E-state index is 6.09. The number of anilines is 1. The summed E-state index contributed by atoms with van der Waals surface area (Å²) in [6.45, 7) is 2.75. The topological polar surface area (TPSA) is 73.1 Å². The Labute approximate surface area is 94.4 Å². The molecule has 0 spiro atoms. The van der Waals surface area contributed by atoms with E-state index >= 15 is 0 Å². The van der Waals surface area contributed by atoms with E-state index in [-0.39, 0.29) is 18.2 Å². The third kappa shape index (κ3) is 1.47. The Morgan fingerprint density at radius 2 is 2.31 bits per heavy atom. The first-order valence-corrected chi connectivity index (χ1v) is 5.70. The SMILES string of the molecule is Cc1ccc(NC2C(N)C3CCOC32)nn1. The molecule has 1 saturated heterocycles. The molecule has 0 bridgehead atoms. The van der Waals surface area contributed by atoms with Crippen molar-refractivity contribution in [3.05, 3.63) is 17.8 Å². The van der Waals surface area contributed by atoms with E-state index in [1.807, 2.05) is 19.1 Å². The molecule has 0 radical (unpaired) electrons. The summed E-state index contributed by atoms with van der Waals surface area (Å²) in [6, 6.07) is 4.23. The highest BCUT2D eigenvalue weighted by molar-refractivity contribution is 5.37. The Balaban J connectivity index is 1.69. The van der Waals surface area contributed by atoms with Crippen LogP contribution in [0.5, 0.6) is 0 Å². The van der Waals surface area contributed by atoms with Gasteiger partial charge < -0.3 is 15.8 Å². The first-order chi connectivity index (χ1) is 7.75. The molecule has 2 heterocycles. The minimum absolute atomic E-state index is 0.176. The van der Waals surface area contributed by atoms with Gasteiger partial charge in [0, 0.05) is 18.6 Å². The smallest absolute Gasteiger partial charge is 0.149 e. The lowest BCUT2D eigenvalue weighted by atomic mass is 9.72. The zero-order valence-corrected chi connectivity index (χ0v) is 9.26. The Bertz CT molecular complexity index is 380. The lowest BCUT2D eigenvalue weighted by Gasteiger charge is -2.45. The number of aromatic nitrogens is 2. The Kier molecular flexibility index (Phi) is 2.29. The van der Waals surface area contributed by atoms with Gasteiger partial charge in [0.15, 0.2) is 0 Å². The van der Waals surface area contributed by atoms with Crippen molar-refractivity contribution in [2.24, 2.45) is 11.7 Å². The van der Waals surface area contributed by atoms with Gasteiger partial charge in [-0.15, -0.1) is 5.10 Å². The van der Waals surface area contributed by atoms with Gasteiger partial charge in [0.05, 0.1) is 17.8 Å². The monoisotopic (exact) mass is 220 g/mol. The predicted octanol–water partition coefficient (Wildman–Crippen LogP) is 0.312. The van der Waals surface area contributed by atoms with Crippen LogP contribution in [0.2, 0.25) is 0 Å². The van der Waals surface area contributed by atoms with Gasteiger partial charge in [-0.05, 0) is 25.5 Å². The van der Waals surface area contributed by atoms with Crippen molar-refractivity contribution in [1.82, 2.24) is 10.2 Å². The lowest BCUT2D eigenvalue weighted by molar-refractivity contribution is 0.00521. The number of nitrogens with two attached hydrogens (primary N) is 1. The number of nitrogens with one attached hydrogen (secondary N) is 1. The Hall–Kier alpha value is -1.20. The number of rotatable bonds is 2. The predicted molar refractivity (Wildman–Crippen MR) is 60.0 cm³/mol. The molecular formula is C11H16N4O. The molecule has 1 aromatic rings. The van der Waals surface area contributed by atoms with Crippen LogP contribution in [-0.4, -0.2) is 35.0 Å². The van der Waals surface area contributed by atoms with Crippen molar-refractivity contribution >= 4 is 5.82 Å². The molecule has 3 rings (SSSR count). The largest absolute Gasteiger partial charge is 0.376 e. The van der Waals surface area contributed by atoms with Crippen molar-refractivity contribution in [1.29, 1.82) is 0 Å². The molecule has 2 aliphatic rings. The van der Waals surface area contributed by atoms with Crippen LogP contribution in [0.25, 0.3) is 0 Å². The molecule has 4 unspecified atom stereocenters. The van der Waals surface area contributed by atoms with Crippen LogP contribution < -0.4 is 11.1 Å². The van der Waals surface area contributed by atoms with E-state index in [0.717, 1.165) is 24.5 Å². The molecule has 1 saturated carbocycles. The molecule has 2 fully saturated rings. The van der Waals surface area contributed by atoms with Crippen molar-refractivity contribution in [2.45, 2.75) is 31.5 Å². The van der Waals surface area contributed by atoms with Crippen molar-refractivity contribution in [2.75, 3.05) is 11.9 Å². The first-order valence-electron chi connectivity index (χ1n) is 5.70. The summed E-state index contributed by atoms with van der Waals surface area (Å²) in [6.07, 6.45) is 1.35. The standard InChI is InChI=1S/C11H16N4O/c1-6-2-3-8(15-14-6)13-10-9(12)7-4-5-16-11(7)10/h2-3,7,9-11H,4-5,12H2,1H3,(H,13,15). The fourth-order valence-electron chi connectivity index (χ4n) is 2.57. The molecule has 3 N–H and O–H groups in total. The molecule has 1 aliphatic heterocycles. The summed E-state index contributed by atoms with van der Waals surface area (Å²) >= 11 is 0. The highest BCUT2D eigenvalue weighted by Gasteiger charge is 2.52. The van der Waals surface area contributed by atoms with Crippen molar-refractivity contribution in [3.63, 3.8) is 0 Å². The van der Waals surface area contributed by atoms with E-state index < -0.39 is 0 Å². The van der Waals surface area contributed by atoms with E-state index in [2.05, 4.69) is 15.5 Å². The van der Waals surface area contributed by atoms with Gasteiger partial charge in [-0.25, -0.2) is 0 Å². The van der Waals surface area contributed by atoms with Gasteiger partial charge in [0.25, 0.3) is 0 Å². The summed E-state index contributed by atoms with van der Waals surface area (Å²) in [4.78, 5) is 0. The van der Waals surface area contributed by atoms with Crippen molar-refractivity contribution < 1.29 is 4.74 Å². The fourth-order valence-corrected chi connectivity index (χ4v) is 2.57. The summed E-state index contributed by atoms with van der Waals surface area (Å²) in [5, 5.41) is 11.4. The van der Waals surface area contributed by atoms with E-state index in [0.29, 0.717) is 5.92 Å². The maximum atomic E-state index is 6.09. The summed E-state index contributed by atoms with van der Waals surface area (Å²) in [7, 11) is 0. The number of nitrogens with zero attached hydrogens (tertiary/aromatic N) is 2. The average Bonchev–Trinajstić information content (AvgIpc) is 2.73. The van der Waals surface area contributed by atoms with Gasteiger partial charge in [-0.3, -0.25) is 0 Å². The van der Waals surface area contributed by atoms with Crippen LogP contribution in [0, 0.1) is 12.8 Å². The zero-order valence-electron chi connectivity index (χ0n) is 9.26. The molecule has 5 nitrogen and oxygen atoms in total. The Morgan fingerprint density at radius 3 is 3.06 bits per heavy atom. The van der Waals surface area contributed by atoms with Gasteiger partial charge in [0.2, 0.25) is 0 Å². The van der Waals surface area contributed by atoms with Crippen LogP contribution in [0.3, 0.4) is 0 Å². The first kappa shape index (κ1) is 9.99. The second-order valence-corrected chi connectivity index (χ2v) is 4.60. The van der Waals surface area contributed by atoms with Gasteiger partial charge in [0.1, 0.15) is 5.82 Å². The third-order valence-electron chi connectivity index (χ3n) is 3.56. The minimum Gasteiger partial charge on any atom is -0.376 e. The van der Waals surface area contributed by atoms with Crippen LogP contribution in [0.4, 0.5) is 5.82 Å². The van der Waals surface area contributed by atoms with Gasteiger partial charge >= 0.3 is 0 Å². The fraction of sp³-hybridized carbons (Fsp3) is 0.636. The van der Waals surface area contributed by atoms with E-state index in [1.54, 1.807) is 0 Å². The van der Waals surface area contributed by atoms with Crippen LogP contribution in [0.1, 0.15) is 12.1 Å². The second kappa shape index (κ2) is 3.68. The average molecular weight is 220 g/mol. The number of fused-ring (bicyclic) bond motifs is 1. The highest BCUT2D eigenvalue weighted by Crippen LogP contribution is 2.38. The summed E-state index contributed by atoms with van der Waals surface area (Å²) < 4.78 is 5.64. The molecule has 0 amide bonds. The lowest BCUT2D eigenvalue weighted by Crippen LogP contribution is -2.65. The molecule has 1 aromatic heterocycles. The van der Waals surface area contributed by atoms with Crippen LogP contribution in [-0.2, 0) is 4.74 Å². The third-order valence-corrected chi connectivity index (χ3v) is 3.56. The normalized spacial score (nSPS) is 36.6. The Morgan fingerprint density at radius 1 is 1.44 bits per heavy atom. The highest BCUT2D eigenvalue weighted by atomic mass is 16.5. The maximum Gasteiger partial charge on any atom is 0.149 e. The number of aryl methyl sites for hydroxylation is 1. The van der Waals surface area contributed by atoms with E-state index in [1.165, 1.54) is 0 Å². The van der Waals surface area contributed by atoms with Crippen LogP contribution in [0.15, 0.2) is 12.1 Å². The number of hydrogen-bond donors (Lipinski definition) is 2. The molecule has 86 valence electrons. The quantitative estimate of drug-likeness (QED) is 0.750. The number of ether oxygens (including phenoxy) is 1. The summed E-state index contributed by atoms with van der Waals surface area (Å²) in [5.74, 6) is 1.30. The van der Waals surface area contributed by atoms with Crippen LogP contribution >= 0.6 is 0 Å². The molecule has 5 heteroatoms. The summed E-state index contributed by atoms with van der Waals surface area (Å²) in [5.41, 5.74) is 7.01. The molecular weight excluding hydrogens is 204 g/mol. The van der Waals surface area contributed by atoms with E-state index in [4.69, 9.17) is 10.5 Å². The molecule has 16 heavy (non-hydrogen) atoms. The molecule has 4 atom stereocenters. The number of hydrogen-bond acceptors (Lipinski definition) is 5. The zero-order chi connectivity index (χ0) is 11.1. The molecule has 1 aliphatic carbocycles. The van der Waals surface area contributed by atoms with E-state index in [9.17, 15) is 0 Å². The second-order valence-electron chi connectivity index (χ2n) is 4.60. The van der Waals surface area contributed by atoms with Gasteiger partial charge in [-0.2, -0.15) is 5.10 Å². The molecule has 0 aromatic carbocycles. The van der Waals surface area contributed by atoms with Gasteiger partial charge in [-0.1, -0.05) is 0 Å². The minimum atomic E-state index is 0.176. The van der Waals surface area contributed by atoms with Crippen molar-refractivity contribution in [3.8, 4) is 0 Å².